The molecular weight excluding hydrogens is 228 g/mol. The summed E-state index contributed by atoms with van der Waals surface area (Å²) in [4.78, 5) is 0. The quantitative estimate of drug-likeness (QED) is 0.512. The monoisotopic (exact) mass is 262 g/mol. The van der Waals surface area contributed by atoms with Crippen molar-refractivity contribution < 1.29 is 0 Å². The van der Waals surface area contributed by atoms with Gasteiger partial charge in [-0.05, 0) is 25.0 Å². The van der Waals surface area contributed by atoms with Crippen LogP contribution >= 0.6 is 0 Å². The third-order valence-electron chi connectivity index (χ3n) is 2.37. The maximum atomic E-state index is 2.22. The van der Waals surface area contributed by atoms with Crippen LogP contribution in [0.15, 0.2) is 48.5 Å². The zero-order chi connectivity index (χ0) is 9.97. The highest BCUT2D eigenvalue weighted by Gasteiger charge is 1.96. The van der Waals surface area contributed by atoms with Gasteiger partial charge in [0.25, 0.3) is 0 Å². The lowest BCUT2D eigenvalue weighted by Gasteiger charge is -2.03. The van der Waals surface area contributed by atoms with E-state index in [1.54, 1.807) is 0 Å². The van der Waals surface area contributed by atoms with Crippen molar-refractivity contribution in [1.29, 1.82) is 0 Å². The van der Waals surface area contributed by atoms with Gasteiger partial charge in [-0.1, -0.05) is 96.8 Å². The maximum absolute atomic E-state index is 2.22. The average Bonchev–Trinajstić information content (AvgIpc) is 2.18. The van der Waals surface area contributed by atoms with Crippen molar-refractivity contribution in [3.8, 4) is 11.1 Å². The van der Waals surface area contributed by atoms with Gasteiger partial charge in [0.05, 0.1) is 0 Å². The summed E-state index contributed by atoms with van der Waals surface area (Å²) < 4.78 is 0. The van der Waals surface area contributed by atoms with E-state index in [1.165, 1.54) is 22.3 Å². The Morgan fingerprint density at radius 2 is 0.842 bits per heavy atom. The van der Waals surface area contributed by atoms with Gasteiger partial charge in [0.2, 0.25) is 0 Å². The van der Waals surface area contributed by atoms with Gasteiger partial charge in [-0.25, -0.2) is 0 Å². The average molecular weight is 262 g/mol. The van der Waals surface area contributed by atoms with Crippen LogP contribution in [0.5, 0.6) is 0 Å². The molecule has 0 aliphatic heterocycles. The normalized spacial score (nSPS) is 7.47. The van der Waals surface area contributed by atoms with E-state index in [0.717, 1.165) is 0 Å². The molecule has 0 aliphatic rings. The van der Waals surface area contributed by atoms with Crippen molar-refractivity contribution >= 4 is 0 Å². The zero-order valence-corrected chi connectivity index (χ0v) is 8.62. The van der Waals surface area contributed by atoms with Crippen LogP contribution in [-0.4, -0.2) is 0 Å². The molecule has 0 aromatic heterocycles. The highest BCUT2D eigenvalue weighted by Crippen LogP contribution is 2.20. The predicted molar refractivity (Wildman–Crippen MR) is 95.0 cm³/mol. The van der Waals surface area contributed by atoms with Gasteiger partial charge in [0, 0.05) is 0 Å². The van der Waals surface area contributed by atoms with Crippen molar-refractivity contribution in [2.75, 3.05) is 0 Å². The van der Waals surface area contributed by atoms with Gasteiger partial charge in [0.15, 0.2) is 0 Å². The van der Waals surface area contributed by atoms with Crippen LogP contribution in [0.4, 0.5) is 0 Å². The van der Waals surface area contributed by atoms with Crippen molar-refractivity contribution in [3.05, 3.63) is 59.7 Å². The minimum atomic E-state index is 0. The van der Waals surface area contributed by atoms with Crippen molar-refractivity contribution in [3.63, 3.8) is 0 Å². The largest absolute Gasteiger partial charge is 0.0776 e. The summed E-state index contributed by atoms with van der Waals surface area (Å²) in [5.74, 6) is 0. The molecule has 0 radical (unpaired) electrons. The molecule has 0 fully saturated rings. The summed E-state index contributed by atoms with van der Waals surface area (Å²) in [5.41, 5.74) is 5.22. The molecule has 0 atom stereocenters. The molecule has 0 spiro atoms. The first-order chi connectivity index (χ1) is 6.75. The van der Waals surface area contributed by atoms with Crippen molar-refractivity contribution in [1.82, 2.24) is 0 Å². The Labute approximate surface area is 122 Å². The number of benzene rings is 2. The molecule has 0 saturated carbocycles. The van der Waals surface area contributed by atoms with E-state index < -0.39 is 0 Å². The second-order valence-corrected chi connectivity index (χ2v) is 3.74. The second-order valence-electron chi connectivity index (χ2n) is 3.74. The smallest absolute Gasteiger partial charge is 0.0181 e. The fraction of sp³-hybridized carbons (Fsp3) is 0.368. The summed E-state index contributed by atoms with van der Waals surface area (Å²) in [6.07, 6.45) is 0. The van der Waals surface area contributed by atoms with Crippen LogP contribution in [0.1, 0.15) is 48.3 Å². The summed E-state index contributed by atoms with van der Waals surface area (Å²) >= 11 is 0. The van der Waals surface area contributed by atoms with E-state index in [2.05, 4.69) is 62.4 Å². The second kappa shape index (κ2) is 11.5. The van der Waals surface area contributed by atoms with Crippen LogP contribution in [-0.2, 0) is 0 Å². The molecule has 19 heavy (non-hydrogen) atoms. The van der Waals surface area contributed by atoms with E-state index >= 15 is 0 Å². The van der Waals surface area contributed by atoms with Gasteiger partial charge in [0.1, 0.15) is 0 Å². The van der Waals surface area contributed by atoms with E-state index in [-0.39, 0.29) is 37.1 Å². The van der Waals surface area contributed by atoms with Gasteiger partial charge in [-0.15, -0.1) is 0 Å². The molecule has 0 saturated heterocycles. The molecular formula is C19H34. The third-order valence-corrected chi connectivity index (χ3v) is 2.37. The summed E-state index contributed by atoms with van der Waals surface area (Å²) in [6, 6.07) is 17.2. The Balaban J connectivity index is -0.000000225. The molecule has 2 rings (SSSR count). The standard InChI is InChI=1S/C14H14.5CH4/c1-11-5-3-7-13(9-11)14-8-4-6-12(2)10-14;;;;;/h3-10H,1-2H3;5*1H4. The highest BCUT2D eigenvalue weighted by atomic mass is 14.0. The molecule has 2 aromatic carbocycles. The third kappa shape index (κ3) is 6.81. The van der Waals surface area contributed by atoms with Gasteiger partial charge in [-0.3, -0.25) is 0 Å². The Morgan fingerprint density at radius 1 is 0.526 bits per heavy atom. The summed E-state index contributed by atoms with van der Waals surface area (Å²) in [7, 11) is 0. The number of rotatable bonds is 1. The Bertz CT molecular complexity index is 398. The molecule has 2 aromatic rings. The molecule has 0 heterocycles. The van der Waals surface area contributed by atoms with Gasteiger partial charge in [-0.2, -0.15) is 0 Å². The lowest BCUT2D eigenvalue weighted by atomic mass is 10.0. The lowest BCUT2D eigenvalue weighted by molar-refractivity contribution is 1.44. The van der Waals surface area contributed by atoms with E-state index in [0.29, 0.717) is 0 Å². The van der Waals surface area contributed by atoms with Crippen molar-refractivity contribution in [2.45, 2.75) is 51.0 Å². The lowest BCUT2D eigenvalue weighted by Crippen LogP contribution is -1.80. The molecule has 0 unspecified atom stereocenters. The number of hydrogen-bond acceptors (Lipinski definition) is 0. The van der Waals surface area contributed by atoms with Crippen molar-refractivity contribution in [2.24, 2.45) is 0 Å². The minimum Gasteiger partial charge on any atom is -0.0776 e. The summed E-state index contributed by atoms with van der Waals surface area (Å²) in [5, 5.41) is 0. The fourth-order valence-corrected chi connectivity index (χ4v) is 1.65. The van der Waals surface area contributed by atoms with Gasteiger partial charge < -0.3 is 0 Å². The molecule has 0 N–H and O–H groups in total. The van der Waals surface area contributed by atoms with Crippen LogP contribution in [0.3, 0.4) is 0 Å². The molecule has 0 heteroatoms. The van der Waals surface area contributed by atoms with Crippen LogP contribution < -0.4 is 0 Å². The molecule has 0 aliphatic carbocycles. The SMILES string of the molecule is C.C.C.C.C.Cc1cccc(-c2cccc(C)c2)c1. The zero-order valence-electron chi connectivity index (χ0n) is 8.62. The number of hydrogen-bond donors (Lipinski definition) is 0. The van der Waals surface area contributed by atoms with E-state index in [1.807, 2.05) is 0 Å². The first kappa shape index (κ1) is 26.1. The fourth-order valence-electron chi connectivity index (χ4n) is 1.65. The minimum absolute atomic E-state index is 0. The first-order valence-electron chi connectivity index (χ1n) is 4.89. The predicted octanol–water partition coefficient (Wildman–Crippen LogP) is 7.15. The molecule has 0 amide bonds. The van der Waals surface area contributed by atoms with Crippen LogP contribution in [0.25, 0.3) is 11.1 Å². The highest BCUT2D eigenvalue weighted by molar-refractivity contribution is 5.64. The Morgan fingerprint density at radius 3 is 1.11 bits per heavy atom. The van der Waals surface area contributed by atoms with Crippen LogP contribution in [0, 0.1) is 13.8 Å². The topological polar surface area (TPSA) is 0 Å². The van der Waals surface area contributed by atoms with E-state index in [4.69, 9.17) is 0 Å². The Kier molecular flexibility index (Phi) is 15.8. The molecule has 0 nitrogen and oxygen atoms in total. The molecule has 0 bridgehead atoms. The molecule has 110 valence electrons. The maximum Gasteiger partial charge on any atom is -0.0181 e. The first-order valence-corrected chi connectivity index (χ1v) is 4.89. The van der Waals surface area contributed by atoms with E-state index in [9.17, 15) is 0 Å². The Hall–Kier alpha value is -1.56. The van der Waals surface area contributed by atoms with Gasteiger partial charge >= 0.3 is 0 Å². The number of aryl methyl sites for hydroxylation is 2. The summed E-state index contributed by atoms with van der Waals surface area (Å²) in [6.45, 7) is 4.25. The van der Waals surface area contributed by atoms with Crippen LogP contribution in [0.2, 0.25) is 0 Å².